The molecule has 1 aliphatic heterocycles. The molecular weight excluding hydrogens is 432 g/mol. The molecule has 1 aromatic carbocycles. The van der Waals surface area contributed by atoms with Gasteiger partial charge in [-0.3, -0.25) is 4.98 Å². The number of halogens is 2. The molecule has 1 unspecified atom stereocenters. The average molecular weight is 449 g/mol. The van der Waals surface area contributed by atoms with Crippen molar-refractivity contribution in [1.82, 2.24) is 9.97 Å². The number of carbonyl (C=O) groups is 1. The first-order chi connectivity index (χ1) is 15.0. The number of ether oxygens (including phenoxy) is 3. The van der Waals surface area contributed by atoms with Gasteiger partial charge in [-0.2, -0.15) is 13.8 Å². The first-order valence-electron chi connectivity index (χ1n) is 9.18. The van der Waals surface area contributed by atoms with Gasteiger partial charge in [0.2, 0.25) is 0 Å². The Kier molecular flexibility index (Phi) is 6.23. The van der Waals surface area contributed by atoms with Crippen LogP contribution >= 0.6 is 11.3 Å². The molecule has 8 nitrogen and oxygen atoms in total. The van der Waals surface area contributed by atoms with Gasteiger partial charge in [-0.1, -0.05) is 0 Å². The lowest BCUT2D eigenvalue weighted by Crippen LogP contribution is -2.18. The van der Waals surface area contributed by atoms with E-state index >= 15 is 0 Å². The molecule has 0 bridgehead atoms. The summed E-state index contributed by atoms with van der Waals surface area (Å²) in [7, 11) is 0. The lowest BCUT2D eigenvalue weighted by molar-refractivity contribution is -0.0519. The molecule has 31 heavy (non-hydrogen) atoms. The maximum Gasteiger partial charge on any atom is 0.387 e. The first kappa shape index (κ1) is 20.9. The number of carboxylic acid groups (broad SMARTS) is 1. The number of aromatic nitrogens is 2. The van der Waals surface area contributed by atoms with Crippen LogP contribution in [0, 0.1) is 0 Å². The van der Waals surface area contributed by atoms with Crippen molar-refractivity contribution in [3.05, 3.63) is 58.5 Å². The predicted molar refractivity (Wildman–Crippen MR) is 107 cm³/mol. The lowest BCUT2D eigenvalue weighted by atomic mass is 10.2. The molecule has 1 atom stereocenters. The van der Waals surface area contributed by atoms with E-state index in [9.17, 15) is 13.6 Å². The van der Waals surface area contributed by atoms with E-state index in [1.807, 2.05) is 0 Å². The number of alkyl halides is 2. The van der Waals surface area contributed by atoms with E-state index < -0.39 is 12.6 Å². The highest BCUT2D eigenvalue weighted by molar-refractivity contribution is 7.09. The van der Waals surface area contributed by atoms with Gasteiger partial charge >= 0.3 is 12.6 Å². The minimum atomic E-state index is -3.02. The summed E-state index contributed by atoms with van der Waals surface area (Å²) in [6, 6.07) is 9.15. The SMILES string of the molecule is O=C(O)c1ccc(N(Cc2cncs2)c2ccc(OC(F)F)c(OCC3CO3)n2)cc1. The second-order valence-corrected chi connectivity index (χ2v) is 7.49. The normalized spacial score (nSPS) is 15.0. The molecule has 0 saturated carbocycles. The molecule has 4 rings (SSSR count). The van der Waals surface area contributed by atoms with Crippen LogP contribution in [0.15, 0.2) is 48.1 Å². The molecular formula is C20H17F2N3O5S. The molecule has 1 fully saturated rings. The summed E-state index contributed by atoms with van der Waals surface area (Å²) in [6.45, 7) is -1.94. The Bertz CT molecular complexity index is 1030. The van der Waals surface area contributed by atoms with Gasteiger partial charge in [0.25, 0.3) is 5.88 Å². The number of anilines is 2. The number of nitrogens with zero attached hydrogens (tertiary/aromatic N) is 3. The summed E-state index contributed by atoms with van der Waals surface area (Å²) >= 11 is 1.44. The fraction of sp³-hybridized carbons (Fsp3) is 0.250. The van der Waals surface area contributed by atoms with Crippen molar-refractivity contribution in [2.75, 3.05) is 18.1 Å². The van der Waals surface area contributed by atoms with E-state index in [1.54, 1.807) is 28.7 Å². The Hall–Kier alpha value is -3.31. The zero-order valence-corrected chi connectivity index (χ0v) is 16.8. The van der Waals surface area contributed by atoms with Gasteiger partial charge in [-0.25, -0.2) is 4.79 Å². The standard InChI is InChI=1S/C20H17F2N3O5S/c21-20(22)30-16-5-6-17(24-18(16)29-10-14-9-28-14)25(8-15-7-23-11-31-15)13-3-1-12(2-4-13)19(26)27/h1-7,11,14,20H,8-10H2,(H,26,27). The molecule has 1 aliphatic rings. The van der Waals surface area contributed by atoms with E-state index in [1.165, 1.54) is 35.6 Å². The fourth-order valence-electron chi connectivity index (χ4n) is 2.76. The van der Waals surface area contributed by atoms with E-state index in [2.05, 4.69) is 14.7 Å². The smallest absolute Gasteiger partial charge is 0.387 e. The summed E-state index contributed by atoms with van der Waals surface area (Å²) in [5, 5.41) is 9.15. The topological polar surface area (TPSA) is 97.3 Å². The fourth-order valence-corrected chi connectivity index (χ4v) is 3.34. The van der Waals surface area contributed by atoms with Gasteiger partial charge in [-0.05, 0) is 36.4 Å². The van der Waals surface area contributed by atoms with E-state index in [0.29, 0.717) is 24.7 Å². The van der Waals surface area contributed by atoms with E-state index in [4.69, 9.17) is 14.6 Å². The van der Waals surface area contributed by atoms with E-state index in [0.717, 1.165) is 4.88 Å². The Morgan fingerprint density at radius 3 is 2.68 bits per heavy atom. The molecule has 0 aliphatic carbocycles. The largest absolute Gasteiger partial charge is 0.478 e. The summed E-state index contributed by atoms with van der Waals surface area (Å²) in [6.07, 6.45) is 1.61. The van der Waals surface area contributed by atoms with Crippen LogP contribution in [0.2, 0.25) is 0 Å². The highest BCUT2D eigenvalue weighted by Crippen LogP contribution is 2.34. The number of carboxylic acids is 1. The third kappa shape index (κ3) is 5.44. The van der Waals surface area contributed by atoms with Crippen LogP contribution in [-0.2, 0) is 11.3 Å². The lowest BCUT2D eigenvalue weighted by Gasteiger charge is -2.24. The maximum atomic E-state index is 12.8. The Morgan fingerprint density at radius 1 is 1.29 bits per heavy atom. The molecule has 0 amide bonds. The van der Waals surface area contributed by atoms with Crippen LogP contribution in [0.5, 0.6) is 11.6 Å². The molecule has 0 radical (unpaired) electrons. The molecule has 11 heteroatoms. The number of thiazole rings is 1. The zero-order valence-electron chi connectivity index (χ0n) is 16.0. The number of rotatable bonds is 10. The predicted octanol–water partition coefficient (Wildman–Crippen LogP) is 3.95. The summed E-state index contributed by atoms with van der Waals surface area (Å²) in [5.41, 5.74) is 2.49. The third-order valence-corrected chi connectivity index (χ3v) is 5.10. The van der Waals surface area contributed by atoms with Crippen LogP contribution in [0.25, 0.3) is 0 Å². The molecule has 2 aromatic heterocycles. The van der Waals surface area contributed by atoms with Crippen molar-refractivity contribution < 1.29 is 32.9 Å². The van der Waals surface area contributed by atoms with Crippen LogP contribution in [0.1, 0.15) is 15.2 Å². The van der Waals surface area contributed by atoms with Crippen LogP contribution in [-0.4, -0.2) is 47.0 Å². The second kappa shape index (κ2) is 9.23. The number of epoxide rings is 1. The minimum absolute atomic E-state index is 0.0789. The van der Waals surface area contributed by atoms with Crippen LogP contribution in [0.3, 0.4) is 0 Å². The monoisotopic (exact) mass is 449 g/mol. The van der Waals surface area contributed by atoms with Gasteiger partial charge in [0.1, 0.15) is 18.5 Å². The highest BCUT2D eigenvalue weighted by Gasteiger charge is 2.25. The molecule has 162 valence electrons. The summed E-state index contributed by atoms with van der Waals surface area (Å²) < 4.78 is 40.8. The molecule has 3 aromatic rings. The van der Waals surface area contributed by atoms with Crippen LogP contribution < -0.4 is 14.4 Å². The third-order valence-electron chi connectivity index (χ3n) is 4.33. The summed E-state index contributed by atoms with van der Waals surface area (Å²) in [5.74, 6) is -0.891. The van der Waals surface area contributed by atoms with Gasteiger partial charge in [0, 0.05) is 16.8 Å². The summed E-state index contributed by atoms with van der Waals surface area (Å²) in [4.78, 5) is 22.4. The van der Waals surface area contributed by atoms with Gasteiger partial charge in [0.05, 0.1) is 24.2 Å². The number of hydrogen-bond acceptors (Lipinski definition) is 8. The number of hydrogen-bond donors (Lipinski definition) is 1. The first-order valence-corrected chi connectivity index (χ1v) is 10.1. The van der Waals surface area contributed by atoms with Crippen molar-refractivity contribution in [2.24, 2.45) is 0 Å². The molecule has 1 saturated heterocycles. The van der Waals surface area contributed by atoms with Crippen molar-refractivity contribution in [2.45, 2.75) is 19.3 Å². The van der Waals surface area contributed by atoms with Crippen molar-refractivity contribution >= 4 is 28.8 Å². The molecule has 1 N–H and O–H groups in total. The van der Waals surface area contributed by atoms with Crippen LogP contribution in [0.4, 0.5) is 20.3 Å². The van der Waals surface area contributed by atoms with Gasteiger partial charge < -0.3 is 24.2 Å². The molecule has 3 heterocycles. The molecule has 0 spiro atoms. The zero-order chi connectivity index (χ0) is 21.8. The van der Waals surface area contributed by atoms with Crippen molar-refractivity contribution in [3.63, 3.8) is 0 Å². The average Bonchev–Trinajstić information content (AvgIpc) is 3.44. The maximum absolute atomic E-state index is 12.8. The van der Waals surface area contributed by atoms with Crippen molar-refractivity contribution in [3.8, 4) is 11.6 Å². The quantitative estimate of drug-likeness (QED) is 0.465. The Labute approximate surface area is 179 Å². The number of aromatic carboxylic acids is 1. The van der Waals surface area contributed by atoms with Crippen molar-refractivity contribution in [1.29, 1.82) is 0 Å². The highest BCUT2D eigenvalue weighted by atomic mass is 32.1. The van der Waals surface area contributed by atoms with Gasteiger partial charge in [-0.15, -0.1) is 11.3 Å². The number of benzene rings is 1. The Balaban J connectivity index is 1.68. The Morgan fingerprint density at radius 2 is 2.06 bits per heavy atom. The second-order valence-electron chi connectivity index (χ2n) is 6.52. The van der Waals surface area contributed by atoms with Gasteiger partial charge in [0.15, 0.2) is 5.75 Å². The van der Waals surface area contributed by atoms with E-state index in [-0.39, 0.29) is 29.9 Å². The minimum Gasteiger partial charge on any atom is -0.478 e. The number of pyridine rings is 1.